The number of rotatable bonds is 1. The summed E-state index contributed by atoms with van der Waals surface area (Å²) < 4.78 is 0. The minimum absolute atomic E-state index is 1.02. The van der Waals surface area contributed by atoms with E-state index in [1.54, 1.807) is 18.8 Å². The first-order valence-electron chi connectivity index (χ1n) is 3.25. The highest BCUT2D eigenvalue weighted by Gasteiger charge is 2.08. The monoisotopic (exact) mass is 154 g/mol. The molecular formula is C7H10N2S. The highest BCUT2D eigenvalue weighted by atomic mass is 32.2. The molecule has 10 heavy (non-hydrogen) atoms. The predicted octanol–water partition coefficient (Wildman–Crippen LogP) is 2.08. The lowest BCUT2D eigenvalue weighted by Crippen LogP contribution is -1.87. The molecule has 1 aliphatic heterocycles. The minimum Gasteiger partial charge on any atom is -0.279 e. The van der Waals surface area contributed by atoms with Gasteiger partial charge in [0.15, 0.2) is 0 Å². The van der Waals surface area contributed by atoms with Gasteiger partial charge in [-0.25, -0.2) is 4.99 Å². The third-order valence-electron chi connectivity index (χ3n) is 1.18. The normalized spacial score (nSPS) is 25.0. The van der Waals surface area contributed by atoms with Crippen LogP contribution in [0.5, 0.6) is 0 Å². The fraction of sp³-hybridized carbons (Fsp3) is 0.429. The van der Waals surface area contributed by atoms with Crippen LogP contribution < -0.4 is 0 Å². The van der Waals surface area contributed by atoms with Crippen LogP contribution in [0.1, 0.15) is 13.3 Å². The highest BCUT2D eigenvalue weighted by Crippen LogP contribution is 2.19. The van der Waals surface area contributed by atoms with Crippen LogP contribution in [0.15, 0.2) is 21.8 Å². The molecule has 3 heteroatoms. The molecule has 0 N–H and O–H groups in total. The summed E-state index contributed by atoms with van der Waals surface area (Å²) in [5.74, 6) is 0. The molecule has 2 nitrogen and oxygen atoms in total. The van der Waals surface area contributed by atoms with Gasteiger partial charge in [0.2, 0.25) is 0 Å². The van der Waals surface area contributed by atoms with E-state index in [1.165, 1.54) is 0 Å². The molecule has 0 fully saturated rings. The fourth-order valence-corrected chi connectivity index (χ4v) is 1.38. The third kappa shape index (κ3) is 1.48. The van der Waals surface area contributed by atoms with Gasteiger partial charge in [0.05, 0.1) is 11.2 Å². The minimum atomic E-state index is 1.02. The maximum Gasteiger partial charge on any atom is 0.121 e. The predicted molar refractivity (Wildman–Crippen MR) is 47.8 cm³/mol. The van der Waals surface area contributed by atoms with E-state index in [9.17, 15) is 0 Å². The summed E-state index contributed by atoms with van der Waals surface area (Å²) in [6.07, 6.45) is 3.10. The second-order valence-electron chi connectivity index (χ2n) is 1.88. The van der Waals surface area contributed by atoms with Gasteiger partial charge in [-0.3, -0.25) is 4.99 Å². The molecule has 0 aliphatic carbocycles. The number of nitrogens with zero attached hydrogens (tertiary/aromatic N) is 2. The summed E-state index contributed by atoms with van der Waals surface area (Å²) in [7, 11) is 1.79. The Balaban J connectivity index is 2.76. The molecule has 0 aromatic heterocycles. The van der Waals surface area contributed by atoms with Crippen LogP contribution >= 0.6 is 11.8 Å². The number of thioether (sulfide) groups is 1. The highest BCUT2D eigenvalue weighted by molar-refractivity contribution is 8.25. The smallest absolute Gasteiger partial charge is 0.121 e. The summed E-state index contributed by atoms with van der Waals surface area (Å²) in [4.78, 5) is 8.22. The lowest BCUT2D eigenvalue weighted by Gasteiger charge is -1.91. The van der Waals surface area contributed by atoms with Gasteiger partial charge < -0.3 is 0 Å². The van der Waals surface area contributed by atoms with Crippen LogP contribution in [-0.4, -0.2) is 17.6 Å². The van der Waals surface area contributed by atoms with E-state index in [4.69, 9.17) is 0 Å². The maximum atomic E-state index is 4.15. The van der Waals surface area contributed by atoms with Gasteiger partial charge >= 0.3 is 0 Å². The summed E-state index contributed by atoms with van der Waals surface area (Å²) in [6, 6.07) is 0. The van der Waals surface area contributed by atoms with Crippen molar-refractivity contribution in [1.29, 1.82) is 0 Å². The molecule has 0 atom stereocenters. The Morgan fingerprint density at radius 2 is 2.60 bits per heavy atom. The molecule has 0 aromatic rings. The van der Waals surface area contributed by atoms with E-state index in [1.807, 2.05) is 5.55 Å². The Hall–Kier alpha value is -0.570. The van der Waals surface area contributed by atoms with Gasteiger partial charge in [-0.1, -0.05) is 24.8 Å². The maximum absolute atomic E-state index is 4.15. The Morgan fingerprint density at radius 1 is 1.80 bits per heavy atom. The van der Waals surface area contributed by atoms with Crippen LogP contribution in [0, 0.1) is 0 Å². The molecule has 0 amide bonds. The summed E-state index contributed by atoms with van der Waals surface area (Å²) in [5, 5.41) is 1.03. The quantitative estimate of drug-likeness (QED) is 0.567. The molecule has 0 saturated carbocycles. The first kappa shape index (κ1) is 7.54. The van der Waals surface area contributed by atoms with Crippen LogP contribution in [0.25, 0.3) is 0 Å². The molecule has 1 aliphatic rings. The average molecular weight is 154 g/mol. The van der Waals surface area contributed by atoms with E-state index < -0.39 is 0 Å². The SMILES string of the molecule is CC/C=C1/N=CSC1=NC. The Bertz CT molecular complexity index is 204. The Kier molecular flexibility index (Phi) is 2.68. The molecule has 0 radical (unpaired) electrons. The molecule has 0 saturated heterocycles. The summed E-state index contributed by atoms with van der Waals surface area (Å²) >= 11 is 1.58. The van der Waals surface area contributed by atoms with Crippen LogP contribution in [0.2, 0.25) is 0 Å². The molecule has 0 unspecified atom stereocenters. The topological polar surface area (TPSA) is 24.7 Å². The van der Waals surface area contributed by atoms with Gasteiger partial charge in [-0.05, 0) is 6.42 Å². The van der Waals surface area contributed by atoms with Crippen LogP contribution in [0.3, 0.4) is 0 Å². The molecule has 0 bridgehead atoms. The zero-order valence-electron chi connectivity index (χ0n) is 6.16. The molecule has 54 valence electrons. The van der Waals surface area contributed by atoms with Crippen molar-refractivity contribution in [2.75, 3.05) is 7.05 Å². The molecule has 0 aromatic carbocycles. The lowest BCUT2D eigenvalue weighted by atomic mass is 10.3. The van der Waals surface area contributed by atoms with E-state index in [0.717, 1.165) is 17.2 Å². The third-order valence-corrected chi connectivity index (χ3v) is 2.00. The summed E-state index contributed by atoms with van der Waals surface area (Å²) in [5.41, 5.74) is 2.85. The fourth-order valence-electron chi connectivity index (χ4n) is 0.749. The average Bonchev–Trinajstić information content (AvgIpc) is 2.36. The largest absolute Gasteiger partial charge is 0.279 e. The van der Waals surface area contributed by atoms with Crippen molar-refractivity contribution in [3.05, 3.63) is 11.8 Å². The van der Waals surface area contributed by atoms with Crippen molar-refractivity contribution in [1.82, 2.24) is 0 Å². The number of allylic oxidation sites excluding steroid dienone is 1. The second kappa shape index (κ2) is 3.56. The lowest BCUT2D eigenvalue weighted by molar-refractivity contribution is 1.20. The number of aliphatic imine (C=N–C) groups is 2. The van der Waals surface area contributed by atoms with Crippen molar-refractivity contribution in [2.24, 2.45) is 9.98 Å². The summed E-state index contributed by atoms with van der Waals surface area (Å²) in [6.45, 7) is 2.10. The zero-order valence-corrected chi connectivity index (χ0v) is 6.98. The standard InChI is InChI=1S/C7H10N2S/c1-3-4-6-7(8-2)10-5-9-6/h4-5H,3H2,1-2H3/b6-4+,8-7?. The first-order chi connectivity index (χ1) is 4.88. The molecule has 1 heterocycles. The van der Waals surface area contributed by atoms with Crippen LogP contribution in [-0.2, 0) is 0 Å². The van der Waals surface area contributed by atoms with E-state index >= 15 is 0 Å². The molecule has 1 rings (SSSR count). The van der Waals surface area contributed by atoms with Crippen molar-refractivity contribution in [3.8, 4) is 0 Å². The van der Waals surface area contributed by atoms with Crippen molar-refractivity contribution >= 4 is 22.4 Å². The van der Waals surface area contributed by atoms with Crippen molar-refractivity contribution in [3.63, 3.8) is 0 Å². The van der Waals surface area contributed by atoms with E-state index in [-0.39, 0.29) is 0 Å². The van der Waals surface area contributed by atoms with Gasteiger partial charge in [-0.15, -0.1) is 0 Å². The Morgan fingerprint density at radius 3 is 3.20 bits per heavy atom. The van der Waals surface area contributed by atoms with Crippen molar-refractivity contribution in [2.45, 2.75) is 13.3 Å². The van der Waals surface area contributed by atoms with Gasteiger partial charge in [0.25, 0.3) is 0 Å². The van der Waals surface area contributed by atoms with Crippen LogP contribution in [0.4, 0.5) is 0 Å². The van der Waals surface area contributed by atoms with E-state index in [2.05, 4.69) is 23.0 Å². The number of hydrogen-bond donors (Lipinski definition) is 0. The molecule has 0 spiro atoms. The molecular weight excluding hydrogens is 144 g/mol. The zero-order chi connectivity index (χ0) is 7.40. The van der Waals surface area contributed by atoms with Crippen molar-refractivity contribution < 1.29 is 0 Å². The number of hydrogen-bond acceptors (Lipinski definition) is 3. The Labute approximate surface area is 65.1 Å². The van der Waals surface area contributed by atoms with Gasteiger partial charge in [-0.2, -0.15) is 0 Å². The van der Waals surface area contributed by atoms with E-state index in [0.29, 0.717) is 0 Å². The van der Waals surface area contributed by atoms with Gasteiger partial charge in [0, 0.05) is 7.05 Å². The second-order valence-corrected chi connectivity index (χ2v) is 2.71. The first-order valence-corrected chi connectivity index (χ1v) is 4.13. The van der Waals surface area contributed by atoms with Gasteiger partial charge in [0.1, 0.15) is 5.04 Å².